The van der Waals surface area contributed by atoms with Crippen molar-refractivity contribution in [2.75, 3.05) is 12.3 Å². The summed E-state index contributed by atoms with van der Waals surface area (Å²) in [5, 5.41) is 7.42. The molecule has 0 saturated carbocycles. The Balaban J connectivity index is 1.85. The molecule has 2 aromatic rings. The van der Waals surface area contributed by atoms with Gasteiger partial charge in [-0.1, -0.05) is 25.1 Å². The van der Waals surface area contributed by atoms with E-state index in [1.54, 1.807) is 4.68 Å². The van der Waals surface area contributed by atoms with Gasteiger partial charge in [-0.3, -0.25) is 4.79 Å². The Morgan fingerprint density at radius 1 is 1.30 bits per heavy atom. The molecule has 0 bridgehead atoms. The van der Waals surface area contributed by atoms with Gasteiger partial charge in [0.15, 0.2) is 0 Å². The molecule has 124 valence electrons. The minimum absolute atomic E-state index is 0.00525. The van der Waals surface area contributed by atoms with Crippen LogP contribution in [0.25, 0.3) is 5.69 Å². The lowest BCUT2D eigenvalue weighted by Gasteiger charge is -2.14. The molecule has 2 unspecified atom stereocenters. The summed E-state index contributed by atoms with van der Waals surface area (Å²) in [7, 11) is 0. The maximum atomic E-state index is 11.8. The zero-order valence-electron chi connectivity index (χ0n) is 13.7. The molecular weight excluding hydrogens is 290 g/mol. The van der Waals surface area contributed by atoms with Crippen molar-refractivity contribution in [3.05, 3.63) is 42.1 Å². The van der Waals surface area contributed by atoms with Crippen LogP contribution in [0.5, 0.6) is 0 Å². The largest absolute Gasteiger partial charge is 0.384 e. The number of nitrogens with zero attached hydrogens (tertiary/aromatic N) is 2. The maximum Gasteiger partial charge on any atom is 0.224 e. The number of nitrogens with two attached hydrogens (primary N) is 2. The number of anilines is 1. The van der Waals surface area contributed by atoms with Crippen molar-refractivity contribution < 1.29 is 4.79 Å². The number of nitrogen functional groups attached to an aromatic ring is 1. The molecule has 5 N–H and O–H groups in total. The highest BCUT2D eigenvalue weighted by molar-refractivity contribution is 5.78. The van der Waals surface area contributed by atoms with E-state index in [1.807, 2.05) is 50.2 Å². The lowest BCUT2D eigenvalue weighted by Crippen LogP contribution is -2.39. The number of amides is 1. The summed E-state index contributed by atoms with van der Waals surface area (Å²) in [4.78, 5) is 11.8. The van der Waals surface area contributed by atoms with Crippen molar-refractivity contribution in [2.24, 2.45) is 11.7 Å². The lowest BCUT2D eigenvalue weighted by molar-refractivity contribution is -0.124. The third-order valence-corrected chi connectivity index (χ3v) is 3.90. The van der Waals surface area contributed by atoms with Gasteiger partial charge in [0.1, 0.15) is 5.82 Å². The van der Waals surface area contributed by atoms with Crippen molar-refractivity contribution in [3.63, 3.8) is 0 Å². The van der Waals surface area contributed by atoms with Gasteiger partial charge in [-0.2, -0.15) is 5.10 Å². The van der Waals surface area contributed by atoms with Crippen LogP contribution >= 0.6 is 0 Å². The Hall–Kier alpha value is -2.34. The van der Waals surface area contributed by atoms with Gasteiger partial charge in [0.25, 0.3) is 0 Å². The number of hydrogen-bond acceptors (Lipinski definition) is 4. The number of hydrogen-bond donors (Lipinski definition) is 3. The summed E-state index contributed by atoms with van der Waals surface area (Å²) < 4.78 is 1.73. The highest BCUT2D eigenvalue weighted by Crippen LogP contribution is 2.15. The zero-order chi connectivity index (χ0) is 16.8. The van der Waals surface area contributed by atoms with Crippen molar-refractivity contribution in [3.8, 4) is 5.69 Å². The van der Waals surface area contributed by atoms with Crippen LogP contribution in [0.4, 0.5) is 5.82 Å². The van der Waals surface area contributed by atoms with Crippen LogP contribution in [0.3, 0.4) is 0 Å². The number of aryl methyl sites for hydroxylation is 1. The number of aromatic nitrogens is 2. The summed E-state index contributed by atoms with van der Waals surface area (Å²) in [6, 6.07) is 11.5. The zero-order valence-corrected chi connectivity index (χ0v) is 13.7. The Morgan fingerprint density at radius 2 is 2.00 bits per heavy atom. The Kier molecular flexibility index (Phi) is 5.76. The fourth-order valence-electron chi connectivity index (χ4n) is 2.23. The minimum Gasteiger partial charge on any atom is -0.384 e. The second-order valence-electron chi connectivity index (χ2n) is 5.85. The van der Waals surface area contributed by atoms with Gasteiger partial charge >= 0.3 is 0 Å². The number of carbonyl (C=O) groups excluding carboxylic acids is 1. The SMILES string of the molecule is CC(N)C(C)C(=O)NCCCc1cc(N)n(-c2ccccc2)n1. The van der Waals surface area contributed by atoms with Gasteiger partial charge in [0, 0.05) is 24.6 Å². The van der Waals surface area contributed by atoms with E-state index in [2.05, 4.69) is 10.4 Å². The monoisotopic (exact) mass is 315 g/mol. The summed E-state index contributed by atoms with van der Waals surface area (Å²) >= 11 is 0. The Bertz CT molecular complexity index is 636. The smallest absolute Gasteiger partial charge is 0.224 e. The molecule has 0 radical (unpaired) electrons. The van der Waals surface area contributed by atoms with Crippen LogP contribution in [0, 0.1) is 5.92 Å². The molecule has 6 nitrogen and oxygen atoms in total. The predicted octanol–water partition coefficient (Wildman–Crippen LogP) is 1.49. The molecule has 0 saturated heterocycles. The molecule has 23 heavy (non-hydrogen) atoms. The van der Waals surface area contributed by atoms with E-state index >= 15 is 0 Å². The quantitative estimate of drug-likeness (QED) is 0.674. The molecule has 0 aliphatic carbocycles. The van der Waals surface area contributed by atoms with E-state index in [1.165, 1.54) is 0 Å². The van der Waals surface area contributed by atoms with Crippen molar-refractivity contribution in [1.82, 2.24) is 15.1 Å². The molecule has 0 aliphatic heterocycles. The van der Waals surface area contributed by atoms with Gasteiger partial charge in [0.05, 0.1) is 11.4 Å². The highest BCUT2D eigenvalue weighted by atomic mass is 16.1. The maximum absolute atomic E-state index is 11.8. The second kappa shape index (κ2) is 7.78. The molecule has 0 aliphatic rings. The average Bonchev–Trinajstić information content (AvgIpc) is 2.92. The van der Waals surface area contributed by atoms with Gasteiger partial charge in [0.2, 0.25) is 5.91 Å². The molecular formula is C17H25N5O. The summed E-state index contributed by atoms with van der Waals surface area (Å²) in [6.07, 6.45) is 1.57. The third kappa shape index (κ3) is 4.56. The van der Waals surface area contributed by atoms with E-state index in [0.29, 0.717) is 12.4 Å². The van der Waals surface area contributed by atoms with Crippen LogP contribution in [0.2, 0.25) is 0 Å². The molecule has 0 fully saturated rings. The average molecular weight is 315 g/mol. The van der Waals surface area contributed by atoms with E-state index in [-0.39, 0.29) is 17.9 Å². The third-order valence-electron chi connectivity index (χ3n) is 3.90. The first-order valence-electron chi connectivity index (χ1n) is 7.92. The van der Waals surface area contributed by atoms with Crippen molar-refractivity contribution >= 4 is 11.7 Å². The molecule has 0 spiro atoms. The van der Waals surface area contributed by atoms with E-state index in [9.17, 15) is 4.79 Å². The van der Waals surface area contributed by atoms with E-state index < -0.39 is 0 Å². The molecule has 1 aromatic carbocycles. The van der Waals surface area contributed by atoms with Crippen LogP contribution < -0.4 is 16.8 Å². The number of para-hydroxylation sites is 1. The van der Waals surface area contributed by atoms with Crippen molar-refractivity contribution in [1.29, 1.82) is 0 Å². The molecule has 6 heteroatoms. The molecule has 2 atom stereocenters. The van der Waals surface area contributed by atoms with Crippen LogP contribution in [-0.2, 0) is 11.2 Å². The molecule has 1 amide bonds. The summed E-state index contributed by atoms with van der Waals surface area (Å²) in [6.45, 7) is 4.28. The minimum atomic E-state index is -0.178. The second-order valence-corrected chi connectivity index (χ2v) is 5.85. The normalized spacial score (nSPS) is 13.5. The first-order chi connectivity index (χ1) is 11.0. The Labute approximate surface area is 136 Å². The number of nitrogens with one attached hydrogen (secondary N) is 1. The standard InChI is InChI=1S/C17H25N5O/c1-12(13(2)18)17(23)20-10-6-7-14-11-16(19)22(21-14)15-8-4-3-5-9-15/h3-5,8-9,11-13H,6-7,10,18-19H2,1-2H3,(H,20,23). The van der Waals surface area contributed by atoms with Crippen LogP contribution in [0.15, 0.2) is 36.4 Å². The number of benzene rings is 1. The summed E-state index contributed by atoms with van der Waals surface area (Å²) in [5.74, 6) is 0.429. The fourth-order valence-corrected chi connectivity index (χ4v) is 2.23. The van der Waals surface area contributed by atoms with Gasteiger partial charge in [-0.15, -0.1) is 0 Å². The number of carbonyl (C=O) groups is 1. The van der Waals surface area contributed by atoms with Gasteiger partial charge in [-0.05, 0) is 31.9 Å². The summed E-state index contributed by atoms with van der Waals surface area (Å²) in [5.41, 5.74) is 13.6. The van der Waals surface area contributed by atoms with Crippen LogP contribution in [-0.4, -0.2) is 28.3 Å². The predicted molar refractivity (Wildman–Crippen MR) is 92.1 cm³/mol. The first-order valence-corrected chi connectivity index (χ1v) is 7.92. The van der Waals surface area contributed by atoms with Crippen LogP contribution in [0.1, 0.15) is 26.0 Å². The number of rotatable bonds is 7. The van der Waals surface area contributed by atoms with E-state index in [4.69, 9.17) is 11.5 Å². The molecule has 1 heterocycles. The fraction of sp³-hybridized carbons (Fsp3) is 0.412. The topological polar surface area (TPSA) is 99.0 Å². The Morgan fingerprint density at radius 3 is 2.65 bits per heavy atom. The first kappa shape index (κ1) is 17.0. The van der Waals surface area contributed by atoms with Gasteiger partial charge in [-0.25, -0.2) is 4.68 Å². The van der Waals surface area contributed by atoms with E-state index in [0.717, 1.165) is 24.2 Å². The highest BCUT2D eigenvalue weighted by Gasteiger charge is 2.16. The molecule has 2 rings (SSSR count). The lowest BCUT2D eigenvalue weighted by atomic mass is 10.0. The molecule has 1 aromatic heterocycles. The van der Waals surface area contributed by atoms with Gasteiger partial charge < -0.3 is 16.8 Å². The van der Waals surface area contributed by atoms with Crippen molar-refractivity contribution in [2.45, 2.75) is 32.7 Å².